The molecule has 0 aliphatic rings. The molecule has 0 aliphatic heterocycles. The molecule has 0 radical (unpaired) electrons. The third-order valence-electron chi connectivity index (χ3n) is 2.98. The molecular formula is C16H13N3O3. The zero-order valence-corrected chi connectivity index (χ0v) is 11.8. The van der Waals surface area contributed by atoms with Crippen molar-refractivity contribution in [2.24, 2.45) is 0 Å². The van der Waals surface area contributed by atoms with E-state index in [4.69, 9.17) is 4.74 Å². The molecule has 0 aliphatic carbocycles. The van der Waals surface area contributed by atoms with Gasteiger partial charge in [-0.05, 0) is 42.8 Å². The molecule has 0 bridgehead atoms. The van der Waals surface area contributed by atoms with Crippen molar-refractivity contribution in [3.8, 4) is 11.5 Å². The maximum atomic E-state index is 11.9. The van der Waals surface area contributed by atoms with Crippen LogP contribution < -0.4 is 10.1 Å². The van der Waals surface area contributed by atoms with E-state index in [-0.39, 0.29) is 11.6 Å². The maximum Gasteiger partial charge on any atom is 0.277 e. The number of hydrogen-bond donors (Lipinski definition) is 1. The molecule has 2 heterocycles. The van der Waals surface area contributed by atoms with Crippen LogP contribution >= 0.6 is 0 Å². The highest BCUT2D eigenvalue weighted by atomic mass is 16.5. The Balaban J connectivity index is 1.73. The molecule has 0 unspecified atom stereocenters. The van der Waals surface area contributed by atoms with E-state index in [1.165, 1.54) is 12.3 Å². The fourth-order valence-electron chi connectivity index (χ4n) is 1.90. The normalized spacial score (nSPS) is 10.2. The molecular weight excluding hydrogens is 282 g/mol. The molecule has 1 N–H and O–H groups in total. The van der Waals surface area contributed by atoms with Gasteiger partial charge in [-0.25, -0.2) is 0 Å². The lowest BCUT2D eigenvalue weighted by molar-refractivity contribution is 0.101. The van der Waals surface area contributed by atoms with Gasteiger partial charge in [-0.1, -0.05) is 5.16 Å². The van der Waals surface area contributed by atoms with Crippen LogP contribution in [0.25, 0.3) is 0 Å². The number of pyridine rings is 1. The Hall–Kier alpha value is -3.15. The zero-order valence-electron chi connectivity index (χ0n) is 11.8. The van der Waals surface area contributed by atoms with E-state index in [9.17, 15) is 4.79 Å². The van der Waals surface area contributed by atoms with Gasteiger partial charge in [-0.15, -0.1) is 0 Å². The summed E-state index contributed by atoms with van der Waals surface area (Å²) in [6.45, 7) is 1.91. The number of rotatable bonds is 4. The number of nitrogens with zero attached hydrogens (tertiary/aromatic N) is 2. The molecule has 0 saturated heterocycles. The SMILES string of the molecule is Cc1cc(NC(=O)c2ccon2)ccc1Oc1ccncc1. The third-order valence-corrected chi connectivity index (χ3v) is 2.98. The lowest BCUT2D eigenvalue weighted by atomic mass is 10.2. The fraction of sp³-hybridized carbons (Fsp3) is 0.0625. The van der Waals surface area contributed by atoms with Gasteiger partial charge in [0, 0.05) is 24.1 Å². The van der Waals surface area contributed by atoms with Crippen LogP contribution in [-0.2, 0) is 0 Å². The van der Waals surface area contributed by atoms with Crippen molar-refractivity contribution in [3.05, 3.63) is 66.3 Å². The molecule has 0 spiro atoms. The zero-order chi connectivity index (χ0) is 15.4. The Kier molecular flexibility index (Phi) is 3.82. The molecule has 0 saturated carbocycles. The number of nitrogens with one attached hydrogen (secondary N) is 1. The van der Waals surface area contributed by atoms with Crippen molar-refractivity contribution >= 4 is 11.6 Å². The minimum Gasteiger partial charge on any atom is -0.457 e. The van der Waals surface area contributed by atoms with Crippen LogP contribution in [0.2, 0.25) is 0 Å². The first-order valence-corrected chi connectivity index (χ1v) is 6.62. The van der Waals surface area contributed by atoms with Gasteiger partial charge in [0.15, 0.2) is 5.69 Å². The van der Waals surface area contributed by atoms with Gasteiger partial charge in [-0.2, -0.15) is 0 Å². The second kappa shape index (κ2) is 6.09. The quantitative estimate of drug-likeness (QED) is 0.798. The summed E-state index contributed by atoms with van der Waals surface area (Å²) < 4.78 is 10.4. The molecule has 3 rings (SSSR count). The summed E-state index contributed by atoms with van der Waals surface area (Å²) in [5, 5.41) is 6.34. The molecule has 22 heavy (non-hydrogen) atoms. The number of amides is 1. The molecule has 1 aromatic carbocycles. The van der Waals surface area contributed by atoms with Gasteiger partial charge < -0.3 is 14.6 Å². The van der Waals surface area contributed by atoms with Crippen LogP contribution in [0, 0.1) is 6.92 Å². The lowest BCUT2D eigenvalue weighted by Crippen LogP contribution is -2.12. The second-order valence-electron chi connectivity index (χ2n) is 4.60. The van der Waals surface area contributed by atoms with E-state index in [0.717, 1.165) is 5.56 Å². The summed E-state index contributed by atoms with van der Waals surface area (Å²) in [6, 6.07) is 10.5. The number of benzene rings is 1. The largest absolute Gasteiger partial charge is 0.457 e. The summed E-state index contributed by atoms with van der Waals surface area (Å²) in [6.07, 6.45) is 4.68. The predicted octanol–water partition coefficient (Wildman–Crippen LogP) is 3.42. The maximum absolute atomic E-state index is 11.9. The molecule has 1 amide bonds. The number of carbonyl (C=O) groups excluding carboxylic acids is 1. The molecule has 0 fully saturated rings. The standard InChI is InChI=1S/C16H13N3O3/c1-11-10-12(18-16(20)14-6-9-21-19-14)2-3-15(11)22-13-4-7-17-8-5-13/h2-10H,1H3,(H,18,20). The van der Waals surface area contributed by atoms with Crippen molar-refractivity contribution in [1.29, 1.82) is 0 Å². The number of hydrogen-bond acceptors (Lipinski definition) is 5. The Morgan fingerprint density at radius 3 is 2.68 bits per heavy atom. The van der Waals surface area contributed by atoms with Gasteiger partial charge in [0.2, 0.25) is 0 Å². The first kappa shape index (κ1) is 13.8. The number of aromatic nitrogens is 2. The highest BCUT2D eigenvalue weighted by molar-refractivity contribution is 6.02. The van der Waals surface area contributed by atoms with Crippen LogP contribution in [0.1, 0.15) is 16.1 Å². The highest BCUT2D eigenvalue weighted by Crippen LogP contribution is 2.27. The smallest absolute Gasteiger partial charge is 0.277 e. The minimum absolute atomic E-state index is 0.231. The van der Waals surface area contributed by atoms with E-state index < -0.39 is 0 Å². The number of ether oxygens (including phenoxy) is 1. The Bertz CT molecular complexity index is 771. The lowest BCUT2D eigenvalue weighted by Gasteiger charge is -2.10. The fourth-order valence-corrected chi connectivity index (χ4v) is 1.90. The number of carbonyl (C=O) groups is 1. The van der Waals surface area contributed by atoms with Crippen molar-refractivity contribution in [3.63, 3.8) is 0 Å². The highest BCUT2D eigenvalue weighted by Gasteiger charge is 2.10. The molecule has 2 aromatic heterocycles. The second-order valence-corrected chi connectivity index (χ2v) is 4.60. The van der Waals surface area contributed by atoms with Crippen molar-refractivity contribution < 1.29 is 14.1 Å². The van der Waals surface area contributed by atoms with E-state index in [0.29, 0.717) is 17.2 Å². The first-order valence-electron chi connectivity index (χ1n) is 6.62. The Labute approximate surface area is 126 Å². The summed E-state index contributed by atoms with van der Waals surface area (Å²) in [4.78, 5) is 15.8. The van der Waals surface area contributed by atoms with E-state index >= 15 is 0 Å². The summed E-state index contributed by atoms with van der Waals surface area (Å²) in [5.41, 5.74) is 1.79. The van der Waals surface area contributed by atoms with Crippen LogP contribution in [-0.4, -0.2) is 16.0 Å². The van der Waals surface area contributed by atoms with Gasteiger partial charge in [-0.3, -0.25) is 9.78 Å². The average Bonchev–Trinajstić information content (AvgIpc) is 3.05. The van der Waals surface area contributed by atoms with Crippen molar-refractivity contribution in [2.75, 3.05) is 5.32 Å². The summed E-state index contributed by atoms with van der Waals surface area (Å²) in [5.74, 6) is 1.10. The molecule has 3 aromatic rings. The Morgan fingerprint density at radius 1 is 1.18 bits per heavy atom. The van der Waals surface area contributed by atoms with E-state index in [2.05, 4.69) is 20.0 Å². The number of aryl methyl sites for hydroxylation is 1. The van der Waals surface area contributed by atoms with Gasteiger partial charge in [0.25, 0.3) is 5.91 Å². The summed E-state index contributed by atoms with van der Waals surface area (Å²) >= 11 is 0. The van der Waals surface area contributed by atoms with Gasteiger partial charge in [0.1, 0.15) is 17.8 Å². The van der Waals surface area contributed by atoms with E-state index in [1.807, 2.05) is 13.0 Å². The molecule has 6 nitrogen and oxygen atoms in total. The van der Waals surface area contributed by atoms with Crippen molar-refractivity contribution in [1.82, 2.24) is 10.1 Å². The van der Waals surface area contributed by atoms with Crippen LogP contribution in [0.5, 0.6) is 11.5 Å². The Morgan fingerprint density at radius 2 is 2.00 bits per heavy atom. The molecule has 0 atom stereocenters. The van der Waals surface area contributed by atoms with Crippen LogP contribution in [0.4, 0.5) is 5.69 Å². The molecule has 6 heteroatoms. The third kappa shape index (κ3) is 3.12. The summed E-state index contributed by atoms with van der Waals surface area (Å²) in [7, 11) is 0. The van der Waals surface area contributed by atoms with Crippen LogP contribution in [0.15, 0.2) is 59.6 Å². The molecule has 110 valence electrons. The minimum atomic E-state index is -0.323. The topological polar surface area (TPSA) is 77.2 Å². The first-order chi connectivity index (χ1) is 10.7. The predicted molar refractivity (Wildman–Crippen MR) is 79.9 cm³/mol. The average molecular weight is 295 g/mol. The van der Waals surface area contributed by atoms with Crippen molar-refractivity contribution in [2.45, 2.75) is 6.92 Å². The van der Waals surface area contributed by atoms with Gasteiger partial charge >= 0.3 is 0 Å². The number of anilines is 1. The monoisotopic (exact) mass is 295 g/mol. The van der Waals surface area contributed by atoms with E-state index in [1.54, 1.807) is 36.7 Å². The van der Waals surface area contributed by atoms with Gasteiger partial charge in [0.05, 0.1) is 0 Å². The van der Waals surface area contributed by atoms with Crippen LogP contribution in [0.3, 0.4) is 0 Å².